The topological polar surface area (TPSA) is 58.4 Å². The van der Waals surface area contributed by atoms with Crippen molar-refractivity contribution in [2.24, 2.45) is 5.92 Å². The van der Waals surface area contributed by atoms with Gasteiger partial charge in [-0.15, -0.1) is 0 Å². The molecule has 2 aromatic rings. The van der Waals surface area contributed by atoms with Crippen molar-refractivity contribution >= 4 is 5.91 Å². The number of pyridine rings is 2. The molecule has 5 rings (SSSR count). The summed E-state index contributed by atoms with van der Waals surface area (Å²) in [4.78, 5) is 33.5. The Morgan fingerprint density at radius 3 is 2.80 bits per heavy atom. The lowest BCUT2D eigenvalue weighted by molar-refractivity contribution is 0.0593. The zero-order valence-corrected chi connectivity index (χ0v) is 16.6. The lowest BCUT2D eigenvalue weighted by atomic mass is 9.82. The summed E-state index contributed by atoms with van der Waals surface area (Å²) in [7, 11) is 0. The minimum absolute atomic E-state index is 0.00128. The van der Waals surface area contributed by atoms with Crippen molar-refractivity contribution in [2.45, 2.75) is 38.0 Å². The molecule has 5 heterocycles. The Balaban J connectivity index is 1.37. The minimum atomic E-state index is -0.804. The molecule has 6 nitrogen and oxygen atoms in total. The number of likely N-dealkylation sites (tertiary alicyclic amines) is 2. The van der Waals surface area contributed by atoms with E-state index in [-0.39, 0.29) is 28.9 Å². The number of piperidine rings is 1. The summed E-state index contributed by atoms with van der Waals surface area (Å²) in [6.45, 7) is 3.15. The second-order valence-electron chi connectivity index (χ2n) is 8.72. The van der Waals surface area contributed by atoms with Gasteiger partial charge in [0.1, 0.15) is 12.0 Å². The van der Waals surface area contributed by atoms with Crippen LogP contribution in [0.4, 0.5) is 8.78 Å². The standard InChI is InChI=1S/C22H24F2N4O2/c23-18-3-4-26(13-18)11-15-1-2-20-17-5-14(10-28(20)22(15)30)9-27(12-17)21(29)16-6-19(24)8-25-7-16/h1-2,6-8,14,17-18H,3-5,9-13H2/t14-,17+,18+/m0/s1. The number of aromatic nitrogens is 2. The summed E-state index contributed by atoms with van der Waals surface area (Å²) in [6, 6.07) is 5.06. The van der Waals surface area contributed by atoms with Crippen LogP contribution in [-0.2, 0) is 13.1 Å². The normalized spacial score (nSPS) is 25.9. The Labute approximate surface area is 173 Å². The number of alkyl halides is 1. The van der Waals surface area contributed by atoms with Crippen molar-refractivity contribution in [1.82, 2.24) is 19.4 Å². The zero-order chi connectivity index (χ0) is 20.8. The molecule has 8 heteroatoms. The first kappa shape index (κ1) is 19.4. The first-order valence-corrected chi connectivity index (χ1v) is 10.5. The molecule has 1 amide bonds. The van der Waals surface area contributed by atoms with Crippen molar-refractivity contribution in [1.29, 1.82) is 0 Å². The Morgan fingerprint density at radius 2 is 2.03 bits per heavy atom. The van der Waals surface area contributed by atoms with E-state index in [1.165, 1.54) is 12.3 Å². The molecule has 2 bridgehead atoms. The number of halogens is 2. The molecule has 30 heavy (non-hydrogen) atoms. The molecule has 158 valence electrons. The van der Waals surface area contributed by atoms with Crippen LogP contribution in [0.15, 0.2) is 35.4 Å². The zero-order valence-electron chi connectivity index (χ0n) is 16.6. The highest BCUT2D eigenvalue weighted by molar-refractivity contribution is 5.94. The van der Waals surface area contributed by atoms with Gasteiger partial charge in [0.25, 0.3) is 11.5 Å². The molecule has 0 spiro atoms. The van der Waals surface area contributed by atoms with Gasteiger partial charge in [0.05, 0.1) is 11.8 Å². The van der Waals surface area contributed by atoms with Crippen molar-refractivity contribution in [3.05, 3.63) is 63.6 Å². The average molecular weight is 414 g/mol. The third-order valence-corrected chi connectivity index (χ3v) is 6.53. The molecule has 0 N–H and O–H groups in total. The van der Waals surface area contributed by atoms with Gasteiger partial charge in [-0.2, -0.15) is 0 Å². The van der Waals surface area contributed by atoms with Crippen LogP contribution in [0.25, 0.3) is 0 Å². The molecule has 0 aliphatic carbocycles. The number of nitrogens with zero attached hydrogens (tertiary/aromatic N) is 4. The second-order valence-corrected chi connectivity index (χ2v) is 8.72. The predicted octanol–water partition coefficient (Wildman–Crippen LogP) is 2.19. The number of fused-ring (bicyclic) bond motifs is 4. The van der Waals surface area contributed by atoms with E-state index in [2.05, 4.69) is 4.98 Å². The van der Waals surface area contributed by atoms with E-state index in [1.807, 2.05) is 21.6 Å². The third-order valence-electron chi connectivity index (χ3n) is 6.53. The fourth-order valence-electron chi connectivity index (χ4n) is 5.16. The van der Waals surface area contributed by atoms with Gasteiger partial charge < -0.3 is 9.47 Å². The number of carbonyl (C=O) groups is 1. The molecule has 3 atom stereocenters. The molecule has 2 aromatic heterocycles. The summed E-state index contributed by atoms with van der Waals surface area (Å²) in [5.74, 6) is -0.498. The monoisotopic (exact) mass is 414 g/mol. The minimum Gasteiger partial charge on any atom is -0.338 e. The number of hydrogen-bond donors (Lipinski definition) is 0. The first-order valence-electron chi connectivity index (χ1n) is 10.5. The summed E-state index contributed by atoms with van der Waals surface area (Å²) in [5, 5.41) is 0. The number of hydrogen-bond acceptors (Lipinski definition) is 4. The smallest absolute Gasteiger partial charge is 0.255 e. The molecule has 0 radical (unpaired) electrons. The van der Waals surface area contributed by atoms with E-state index < -0.39 is 12.0 Å². The summed E-state index contributed by atoms with van der Waals surface area (Å²) >= 11 is 0. The summed E-state index contributed by atoms with van der Waals surface area (Å²) in [6.07, 6.45) is 3.13. The van der Waals surface area contributed by atoms with Gasteiger partial charge in [0, 0.05) is 62.6 Å². The van der Waals surface area contributed by atoms with Gasteiger partial charge >= 0.3 is 0 Å². The van der Waals surface area contributed by atoms with E-state index >= 15 is 0 Å². The van der Waals surface area contributed by atoms with Crippen molar-refractivity contribution in [3.8, 4) is 0 Å². The van der Waals surface area contributed by atoms with E-state index in [1.54, 1.807) is 4.90 Å². The Hall–Kier alpha value is -2.61. The van der Waals surface area contributed by atoms with Crippen LogP contribution in [0.1, 0.15) is 40.4 Å². The Morgan fingerprint density at radius 1 is 1.17 bits per heavy atom. The molecule has 0 aromatic carbocycles. The van der Waals surface area contributed by atoms with E-state index in [4.69, 9.17) is 0 Å². The molecule has 3 aliphatic heterocycles. The van der Waals surface area contributed by atoms with Crippen molar-refractivity contribution < 1.29 is 13.6 Å². The van der Waals surface area contributed by atoms with Gasteiger partial charge in [-0.05, 0) is 30.9 Å². The molecule has 2 saturated heterocycles. The molecular formula is C22H24F2N4O2. The Kier molecular flexibility index (Phi) is 4.89. The second kappa shape index (κ2) is 7.58. The van der Waals surface area contributed by atoms with Crippen LogP contribution in [-0.4, -0.2) is 57.6 Å². The summed E-state index contributed by atoms with van der Waals surface area (Å²) in [5.41, 5.74) is 1.89. The molecule has 3 aliphatic rings. The molecule has 0 saturated carbocycles. The van der Waals surface area contributed by atoms with Crippen molar-refractivity contribution in [2.75, 3.05) is 26.2 Å². The van der Waals surface area contributed by atoms with E-state index in [0.717, 1.165) is 18.3 Å². The fraction of sp³-hybridized carbons (Fsp3) is 0.500. The van der Waals surface area contributed by atoms with Crippen LogP contribution >= 0.6 is 0 Å². The van der Waals surface area contributed by atoms with Crippen LogP contribution < -0.4 is 5.56 Å². The van der Waals surface area contributed by atoms with Gasteiger partial charge in [-0.25, -0.2) is 8.78 Å². The maximum absolute atomic E-state index is 13.5. The SMILES string of the molecule is O=C(c1cncc(F)c1)N1C[C@@H]2C[C@H](C1)c1ccc(CN3CC[C@@H](F)C3)c(=O)n1C2. The maximum atomic E-state index is 13.5. The predicted molar refractivity (Wildman–Crippen MR) is 106 cm³/mol. The highest BCUT2D eigenvalue weighted by Crippen LogP contribution is 2.35. The number of rotatable bonds is 3. The molecule has 2 fully saturated rings. The van der Waals surface area contributed by atoms with Crippen LogP contribution in [0.2, 0.25) is 0 Å². The summed E-state index contributed by atoms with van der Waals surface area (Å²) < 4.78 is 28.8. The Bertz CT molecular complexity index is 1040. The van der Waals surface area contributed by atoms with Gasteiger partial charge in [0.2, 0.25) is 0 Å². The highest BCUT2D eigenvalue weighted by atomic mass is 19.1. The lowest BCUT2D eigenvalue weighted by Crippen LogP contribution is -2.49. The van der Waals surface area contributed by atoms with E-state index in [9.17, 15) is 18.4 Å². The average Bonchev–Trinajstić information content (AvgIpc) is 3.14. The van der Waals surface area contributed by atoms with Crippen molar-refractivity contribution in [3.63, 3.8) is 0 Å². The van der Waals surface area contributed by atoms with Crippen LogP contribution in [0.3, 0.4) is 0 Å². The van der Waals surface area contributed by atoms with Gasteiger partial charge in [-0.3, -0.25) is 19.5 Å². The van der Waals surface area contributed by atoms with Gasteiger partial charge in [0.15, 0.2) is 0 Å². The lowest BCUT2D eigenvalue weighted by Gasteiger charge is -2.43. The largest absolute Gasteiger partial charge is 0.338 e. The molecule has 0 unspecified atom stereocenters. The fourth-order valence-corrected chi connectivity index (χ4v) is 5.16. The highest BCUT2D eigenvalue weighted by Gasteiger charge is 2.37. The third kappa shape index (κ3) is 3.53. The number of carbonyl (C=O) groups excluding carboxylic acids is 1. The van der Waals surface area contributed by atoms with E-state index in [0.29, 0.717) is 51.3 Å². The number of amides is 1. The van der Waals surface area contributed by atoms with Crippen LogP contribution in [0, 0.1) is 11.7 Å². The maximum Gasteiger partial charge on any atom is 0.255 e. The van der Waals surface area contributed by atoms with Crippen LogP contribution in [0.5, 0.6) is 0 Å². The molecular weight excluding hydrogens is 390 g/mol. The quantitative estimate of drug-likeness (QED) is 0.773. The first-order chi connectivity index (χ1) is 14.5. The van der Waals surface area contributed by atoms with Gasteiger partial charge in [-0.1, -0.05) is 6.07 Å².